The van der Waals surface area contributed by atoms with Gasteiger partial charge in [-0.25, -0.2) is 4.98 Å². The summed E-state index contributed by atoms with van der Waals surface area (Å²) in [4.78, 5) is 16.5. The van der Waals surface area contributed by atoms with Gasteiger partial charge in [0.25, 0.3) is 5.91 Å². The molecular weight excluding hydrogens is 348 g/mol. The minimum absolute atomic E-state index is 0.125. The van der Waals surface area contributed by atoms with Crippen molar-refractivity contribution in [2.45, 2.75) is 13.0 Å². The third kappa shape index (κ3) is 4.21. The molecule has 5 heteroatoms. The number of benzene rings is 2. The maximum Gasteiger partial charge on any atom is 0.251 e. The number of halogens is 1. The van der Waals surface area contributed by atoms with E-state index in [9.17, 15) is 4.79 Å². The van der Waals surface area contributed by atoms with Gasteiger partial charge < -0.3 is 10.1 Å². The fourth-order valence-corrected chi connectivity index (χ4v) is 2.84. The number of nitrogens with zero attached hydrogens (tertiary/aromatic N) is 1. The summed E-state index contributed by atoms with van der Waals surface area (Å²) < 4.78 is 5.23. The Balaban J connectivity index is 1.71. The lowest BCUT2D eigenvalue weighted by molar-refractivity contribution is 0.0940. The van der Waals surface area contributed by atoms with Crippen LogP contribution < -0.4 is 10.1 Å². The van der Waals surface area contributed by atoms with Gasteiger partial charge in [0.1, 0.15) is 10.9 Å². The van der Waals surface area contributed by atoms with Crippen LogP contribution in [0.2, 0.25) is 5.15 Å². The van der Waals surface area contributed by atoms with Crippen molar-refractivity contribution in [3.8, 4) is 16.9 Å². The summed E-state index contributed by atoms with van der Waals surface area (Å²) in [5.41, 5.74) is 3.53. The molecule has 132 valence electrons. The Kier molecular flexibility index (Phi) is 5.54. The average molecular weight is 367 g/mol. The number of pyridine rings is 1. The van der Waals surface area contributed by atoms with Gasteiger partial charge in [-0.15, -0.1) is 0 Å². The molecule has 1 N–H and O–H groups in total. The van der Waals surface area contributed by atoms with Crippen LogP contribution in [-0.2, 0) is 0 Å². The molecular formula is C21H19ClN2O2. The molecule has 0 aliphatic carbocycles. The van der Waals surface area contributed by atoms with Gasteiger partial charge in [-0.05, 0) is 60.0 Å². The van der Waals surface area contributed by atoms with Crippen LogP contribution in [0.3, 0.4) is 0 Å². The lowest BCUT2D eigenvalue weighted by atomic mass is 10.0. The molecule has 0 saturated carbocycles. The molecule has 0 aliphatic rings. The van der Waals surface area contributed by atoms with Crippen LogP contribution in [0.4, 0.5) is 0 Å². The van der Waals surface area contributed by atoms with Gasteiger partial charge in [-0.2, -0.15) is 0 Å². The molecule has 1 atom stereocenters. The van der Waals surface area contributed by atoms with Crippen molar-refractivity contribution >= 4 is 17.5 Å². The highest BCUT2D eigenvalue weighted by molar-refractivity contribution is 6.29. The van der Waals surface area contributed by atoms with Crippen LogP contribution in [-0.4, -0.2) is 18.0 Å². The number of hydrogen-bond donors (Lipinski definition) is 1. The van der Waals surface area contributed by atoms with Crippen molar-refractivity contribution in [3.63, 3.8) is 0 Å². The number of aromatic nitrogens is 1. The first-order valence-corrected chi connectivity index (χ1v) is 8.61. The predicted molar refractivity (Wildman–Crippen MR) is 104 cm³/mol. The number of rotatable bonds is 5. The van der Waals surface area contributed by atoms with Gasteiger partial charge in [0.05, 0.1) is 13.2 Å². The zero-order valence-electron chi connectivity index (χ0n) is 14.6. The van der Waals surface area contributed by atoms with Crippen molar-refractivity contribution in [2.75, 3.05) is 7.11 Å². The van der Waals surface area contributed by atoms with E-state index in [0.717, 1.165) is 22.4 Å². The first-order chi connectivity index (χ1) is 12.6. The van der Waals surface area contributed by atoms with Crippen LogP contribution >= 0.6 is 11.6 Å². The van der Waals surface area contributed by atoms with E-state index in [1.54, 1.807) is 31.5 Å². The quantitative estimate of drug-likeness (QED) is 0.653. The Hall–Kier alpha value is -2.85. The summed E-state index contributed by atoms with van der Waals surface area (Å²) in [5, 5.41) is 3.45. The number of ether oxygens (including phenoxy) is 1. The highest BCUT2D eigenvalue weighted by Crippen LogP contribution is 2.22. The summed E-state index contributed by atoms with van der Waals surface area (Å²) >= 11 is 5.93. The predicted octanol–water partition coefficient (Wildman–Crippen LogP) is 4.90. The maximum atomic E-state index is 12.5. The zero-order chi connectivity index (χ0) is 18.5. The fraction of sp³-hybridized carbons (Fsp3) is 0.143. The van der Waals surface area contributed by atoms with Gasteiger partial charge in [0, 0.05) is 11.8 Å². The van der Waals surface area contributed by atoms with E-state index >= 15 is 0 Å². The van der Waals surface area contributed by atoms with E-state index < -0.39 is 0 Å². The first-order valence-electron chi connectivity index (χ1n) is 8.23. The lowest BCUT2D eigenvalue weighted by Gasteiger charge is -2.15. The second-order valence-electron chi connectivity index (χ2n) is 5.92. The minimum Gasteiger partial charge on any atom is -0.497 e. The standard InChI is InChI=1S/C21H19ClN2O2/c1-14(17-4-3-5-19(12-17)26-2)24-21(25)16-8-6-15(7-9-16)18-10-11-23-20(22)13-18/h3-14H,1-2H3,(H,24,25)/t14-/m1/s1. The molecule has 3 aromatic rings. The summed E-state index contributed by atoms with van der Waals surface area (Å²) in [6.07, 6.45) is 1.66. The topological polar surface area (TPSA) is 51.2 Å². The van der Waals surface area contributed by atoms with E-state index in [2.05, 4.69) is 10.3 Å². The Morgan fingerprint density at radius 2 is 1.85 bits per heavy atom. The monoisotopic (exact) mass is 366 g/mol. The van der Waals surface area contributed by atoms with Crippen LogP contribution in [0.25, 0.3) is 11.1 Å². The van der Waals surface area contributed by atoms with Crippen molar-refractivity contribution < 1.29 is 9.53 Å². The molecule has 3 rings (SSSR count). The maximum absolute atomic E-state index is 12.5. The Morgan fingerprint density at radius 3 is 2.54 bits per heavy atom. The molecule has 2 aromatic carbocycles. The lowest BCUT2D eigenvalue weighted by Crippen LogP contribution is -2.26. The Morgan fingerprint density at radius 1 is 1.08 bits per heavy atom. The molecule has 0 unspecified atom stereocenters. The molecule has 0 spiro atoms. The van der Waals surface area contributed by atoms with Crippen molar-refractivity contribution in [1.29, 1.82) is 0 Å². The van der Waals surface area contributed by atoms with Crippen LogP contribution in [0.5, 0.6) is 5.75 Å². The molecule has 0 aliphatic heterocycles. The Bertz CT molecular complexity index is 910. The normalized spacial score (nSPS) is 11.7. The van der Waals surface area contributed by atoms with Crippen LogP contribution in [0.1, 0.15) is 28.9 Å². The van der Waals surface area contributed by atoms with Gasteiger partial charge >= 0.3 is 0 Å². The van der Waals surface area contributed by atoms with E-state index in [-0.39, 0.29) is 11.9 Å². The summed E-state index contributed by atoms with van der Waals surface area (Å²) in [7, 11) is 1.62. The number of hydrogen-bond acceptors (Lipinski definition) is 3. The van der Waals surface area contributed by atoms with Crippen molar-refractivity contribution in [3.05, 3.63) is 83.1 Å². The second-order valence-corrected chi connectivity index (χ2v) is 6.30. The van der Waals surface area contributed by atoms with E-state index in [4.69, 9.17) is 16.3 Å². The van der Waals surface area contributed by atoms with Gasteiger partial charge in [0.15, 0.2) is 0 Å². The number of carbonyl (C=O) groups is 1. The molecule has 0 fully saturated rings. The van der Waals surface area contributed by atoms with E-state index in [1.807, 2.05) is 49.4 Å². The summed E-state index contributed by atoms with van der Waals surface area (Å²) in [5.74, 6) is 0.642. The van der Waals surface area contributed by atoms with Crippen LogP contribution in [0, 0.1) is 0 Å². The second kappa shape index (κ2) is 8.02. The van der Waals surface area contributed by atoms with Crippen molar-refractivity contribution in [2.24, 2.45) is 0 Å². The fourth-order valence-electron chi connectivity index (χ4n) is 2.67. The van der Waals surface area contributed by atoms with E-state index in [1.165, 1.54) is 0 Å². The molecule has 0 bridgehead atoms. The number of methoxy groups -OCH3 is 1. The summed E-state index contributed by atoms with van der Waals surface area (Å²) in [6, 6.07) is 18.6. The van der Waals surface area contributed by atoms with Gasteiger partial charge in [-0.1, -0.05) is 35.9 Å². The van der Waals surface area contributed by atoms with Crippen molar-refractivity contribution in [1.82, 2.24) is 10.3 Å². The van der Waals surface area contributed by atoms with E-state index in [0.29, 0.717) is 10.7 Å². The molecule has 1 amide bonds. The third-order valence-electron chi connectivity index (χ3n) is 4.15. The largest absolute Gasteiger partial charge is 0.497 e. The molecule has 1 heterocycles. The SMILES string of the molecule is COc1cccc([C@@H](C)NC(=O)c2ccc(-c3ccnc(Cl)c3)cc2)c1. The van der Waals surface area contributed by atoms with Crippen LogP contribution in [0.15, 0.2) is 66.9 Å². The number of carbonyl (C=O) groups excluding carboxylic acids is 1. The molecule has 0 saturated heterocycles. The molecule has 26 heavy (non-hydrogen) atoms. The zero-order valence-corrected chi connectivity index (χ0v) is 15.3. The molecule has 1 aromatic heterocycles. The molecule has 0 radical (unpaired) electrons. The average Bonchev–Trinajstić information content (AvgIpc) is 2.68. The molecule has 4 nitrogen and oxygen atoms in total. The smallest absolute Gasteiger partial charge is 0.251 e. The highest BCUT2D eigenvalue weighted by atomic mass is 35.5. The Labute approximate surface area is 157 Å². The third-order valence-corrected chi connectivity index (χ3v) is 4.36. The van der Waals surface area contributed by atoms with Gasteiger partial charge in [-0.3, -0.25) is 4.79 Å². The first kappa shape index (κ1) is 18.0. The number of nitrogens with one attached hydrogen (secondary N) is 1. The summed E-state index contributed by atoms with van der Waals surface area (Å²) in [6.45, 7) is 1.94. The highest BCUT2D eigenvalue weighted by Gasteiger charge is 2.12. The minimum atomic E-state index is -0.128. The number of amides is 1. The van der Waals surface area contributed by atoms with Gasteiger partial charge in [0.2, 0.25) is 0 Å².